The first kappa shape index (κ1) is 18.2. The minimum atomic E-state index is 0.910. The van der Waals surface area contributed by atoms with Gasteiger partial charge >= 0.3 is 0 Å². The molecular weight excluding hydrogens is 254 g/mol. The molecule has 1 aromatic rings. The summed E-state index contributed by atoms with van der Waals surface area (Å²) in [5, 5.41) is 0. The second-order valence-corrected chi connectivity index (χ2v) is 6.50. The third-order valence-electron chi connectivity index (χ3n) is 4.28. The van der Waals surface area contributed by atoms with Crippen LogP contribution in [0.5, 0.6) is 0 Å². The Bertz CT molecular complexity index is 333. The number of rotatable bonds is 12. The van der Waals surface area contributed by atoms with Crippen molar-refractivity contribution in [2.24, 2.45) is 5.92 Å². The van der Waals surface area contributed by atoms with Gasteiger partial charge in [0.25, 0.3) is 0 Å². The molecule has 0 aliphatic heterocycles. The van der Waals surface area contributed by atoms with Gasteiger partial charge in [-0.2, -0.15) is 0 Å². The van der Waals surface area contributed by atoms with Crippen LogP contribution < -0.4 is 0 Å². The highest BCUT2D eigenvalue weighted by Crippen LogP contribution is 2.14. The van der Waals surface area contributed by atoms with E-state index in [2.05, 4.69) is 56.0 Å². The normalized spacial score (nSPS) is 12.8. The van der Waals surface area contributed by atoms with Crippen molar-refractivity contribution in [3.05, 3.63) is 35.9 Å². The first-order chi connectivity index (χ1) is 10.3. The summed E-state index contributed by atoms with van der Waals surface area (Å²) in [6.07, 6.45) is 9.48. The molecular formula is C20H35N. The fourth-order valence-electron chi connectivity index (χ4n) is 2.96. The first-order valence-electron chi connectivity index (χ1n) is 9.02. The van der Waals surface area contributed by atoms with Crippen LogP contribution in [0.1, 0.15) is 71.3 Å². The molecule has 120 valence electrons. The van der Waals surface area contributed by atoms with Crippen molar-refractivity contribution in [1.29, 1.82) is 0 Å². The van der Waals surface area contributed by atoms with Crippen LogP contribution in [0.15, 0.2) is 30.3 Å². The molecule has 0 N–H and O–H groups in total. The highest BCUT2D eigenvalue weighted by Gasteiger charge is 2.06. The maximum Gasteiger partial charge on any atom is 0.0233 e. The molecule has 0 bridgehead atoms. The summed E-state index contributed by atoms with van der Waals surface area (Å²) in [6, 6.07) is 10.9. The van der Waals surface area contributed by atoms with Crippen molar-refractivity contribution in [3.63, 3.8) is 0 Å². The topological polar surface area (TPSA) is 3.24 Å². The zero-order valence-corrected chi connectivity index (χ0v) is 14.5. The highest BCUT2D eigenvalue weighted by molar-refractivity contribution is 5.14. The molecule has 0 amide bonds. The average Bonchev–Trinajstić information content (AvgIpc) is 2.50. The molecule has 0 aliphatic rings. The molecule has 0 aliphatic carbocycles. The van der Waals surface area contributed by atoms with Gasteiger partial charge in [-0.15, -0.1) is 0 Å². The third-order valence-corrected chi connectivity index (χ3v) is 4.28. The number of unbranched alkanes of at least 4 members (excludes halogenated alkanes) is 2. The summed E-state index contributed by atoms with van der Waals surface area (Å²) < 4.78 is 0. The lowest BCUT2D eigenvalue weighted by Gasteiger charge is -2.22. The van der Waals surface area contributed by atoms with E-state index in [9.17, 15) is 0 Å². The highest BCUT2D eigenvalue weighted by atomic mass is 15.1. The molecule has 0 spiro atoms. The average molecular weight is 290 g/mol. The standard InChI is InChI=1S/C20H35N/c1-4-6-16-21(18-20-14-8-7-9-15-20)17-11-10-13-19(3)12-5-2/h7-9,14-15,19H,4-6,10-13,16-18H2,1-3H3. The number of nitrogens with zero attached hydrogens (tertiary/aromatic N) is 1. The minimum absolute atomic E-state index is 0.910. The van der Waals surface area contributed by atoms with E-state index in [4.69, 9.17) is 0 Å². The van der Waals surface area contributed by atoms with Crippen molar-refractivity contribution >= 4 is 0 Å². The molecule has 1 heteroatoms. The van der Waals surface area contributed by atoms with Crippen molar-refractivity contribution in [1.82, 2.24) is 4.90 Å². The number of hydrogen-bond acceptors (Lipinski definition) is 1. The Morgan fingerprint density at radius 3 is 2.24 bits per heavy atom. The van der Waals surface area contributed by atoms with Crippen LogP contribution in [-0.2, 0) is 6.54 Å². The second-order valence-electron chi connectivity index (χ2n) is 6.50. The van der Waals surface area contributed by atoms with Gasteiger partial charge < -0.3 is 0 Å². The van der Waals surface area contributed by atoms with Crippen LogP contribution >= 0.6 is 0 Å². The maximum absolute atomic E-state index is 2.64. The molecule has 1 aromatic carbocycles. The van der Waals surface area contributed by atoms with Gasteiger partial charge in [0, 0.05) is 6.54 Å². The number of benzene rings is 1. The quantitative estimate of drug-likeness (QED) is 0.433. The lowest BCUT2D eigenvalue weighted by atomic mass is 9.99. The van der Waals surface area contributed by atoms with Crippen LogP contribution in [0.25, 0.3) is 0 Å². The molecule has 21 heavy (non-hydrogen) atoms. The summed E-state index contributed by atoms with van der Waals surface area (Å²) in [7, 11) is 0. The second kappa shape index (κ2) is 11.8. The van der Waals surface area contributed by atoms with E-state index in [1.807, 2.05) is 0 Å². The van der Waals surface area contributed by atoms with Crippen LogP contribution in [0.2, 0.25) is 0 Å². The fourth-order valence-corrected chi connectivity index (χ4v) is 2.96. The molecule has 0 heterocycles. The summed E-state index contributed by atoms with van der Waals surface area (Å²) >= 11 is 0. The van der Waals surface area contributed by atoms with Crippen molar-refractivity contribution in [2.45, 2.75) is 72.3 Å². The summed E-state index contributed by atoms with van der Waals surface area (Å²) in [5.74, 6) is 0.910. The Morgan fingerprint density at radius 1 is 0.857 bits per heavy atom. The van der Waals surface area contributed by atoms with Crippen molar-refractivity contribution in [3.8, 4) is 0 Å². The van der Waals surface area contributed by atoms with Crippen LogP contribution in [0.3, 0.4) is 0 Å². The van der Waals surface area contributed by atoms with Gasteiger partial charge in [0.05, 0.1) is 0 Å². The van der Waals surface area contributed by atoms with Gasteiger partial charge in [-0.25, -0.2) is 0 Å². The Labute approximate surface area is 132 Å². The van der Waals surface area contributed by atoms with E-state index in [0.29, 0.717) is 0 Å². The van der Waals surface area contributed by atoms with Crippen LogP contribution in [-0.4, -0.2) is 18.0 Å². The summed E-state index contributed by atoms with van der Waals surface area (Å²) in [5.41, 5.74) is 1.45. The zero-order chi connectivity index (χ0) is 15.3. The van der Waals surface area contributed by atoms with Crippen LogP contribution in [0.4, 0.5) is 0 Å². The molecule has 1 atom stereocenters. The van der Waals surface area contributed by atoms with Gasteiger partial charge in [-0.3, -0.25) is 4.90 Å². The maximum atomic E-state index is 2.64. The molecule has 0 aromatic heterocycles. The summed E-state index contributed by atoms with van der Waals surface area (Å²) in [6.45, 7) is 10.6. The van der Waals surface area contributed by atoms with Gasteiger partial charge in [-0.1, -0.05) is 83.2 Å². The lowest BCUT2D eigenvalue weighted by Crippen LogP contribution is -2.25. The predicted molar refractivity (Wildman–Crippen MR) is 94.6 cm³/mol. The van der Waals surface area contributed by atoms with Crippen molar-refractivity contribution < 1.29 is 0 Å². The Morgan fingerprint density at radius 2 is 1.57 bits per heavy atom. The van der Waals surface area contributed by atoms with E-state index in [-0.39, 0.29) is 0 Å². The van der Waals surface area contributed by atoms with E-state index in [0.717, 1.165) is 12.5 Å². The van der Waals surface area contributed by atoms with Gasteiger partial charge in [0.2, 0.25) is 0 Å². The van der Waals surface area contributed by atoms with Gasteiger partial charge in [-0.05, 0) is 37.4 Å². The Hall–Kier alpha value is -0.820. The Kier molecular flexibility index (Phi) is 10.2. The predicted octanol–water partition coefficient (Wildman–Crippen LogP) is 5.90. The van der Waals surface area contributed by atoms with E-state index in [1.54, 1.807) is 0 Å². The largest absolute Gasteiger partial charge is 0.299 e. The van der Waals surface area contributed by atoms with Gasteiger partial charge in [0.15, 0.2) is 0 Å². The SMILES string of the molecule is CCCCN(CCCCC(C)CCC)Cc1ccccc1. The van der Waals surface area contributed by atoms with Crippen molar-refractivity contribution in [2.75, 3.05) is 13.1 Å². The third kappa shape index (κ3) is 8.93. The molecule has 0 saturated carbocycles. The zero-order valence-electron chi connectivity index (χ0n) is 14.5. The van der Waals surface area contributed by atoms with E-state index >= 15 is 0 Å². The molecule has 0 radical (unpaired) electrons. The molecule has 1 nitrogen and oxygen atoms in total. The van der Waals surface area contributed by atoms with E-state index < -0.39 is 0 Å². The monoisotopic (exact) mass is 289 g/mol. The molecule has 1 rings (SSSR count). The fraction of sp³-hybridized carbons (Fsp3) is 0.700. The smallest absolute Gasteiger partial charge is 0.0233 e. The molecule has 1 unspecified atom stereocenters. The Balaban J connectivity index is 2.29. The van der Waals surface area contributed by atoms with Crippen LogP contribution in [0, 0.1) is 5.92 Å². The number of hydrogen-bond donors (Lipinski definition) is 0. The minimum Gasteiger partial charge on any atom is -0.299 e. The van der Waals surface area contributed by atoms with E-state index in [1.165, 1.54) is 63.6 Å². The molecule has 0 fully saturated rings. The summed E-state index contributed by atoms with van der Waals surface area (Å²) in [4.78, 5) is 2.64. The first-order valence-corrected chi connectivity index (χ1v) is 9.02. The van der Waals surface area contributed by atoms with Gasteiger partial charge in [0.1, 0.15) is 0 Å². The molecule has 0 saturated heterocycles. The lowest BCUT2D eigenvalue weighted by molar-refractivity contribution is 0.252.